The summed E-state index contributed by atoms with van der Waals surface area (Å²) in [6.07, 6.45) is 5.13. The van der Waals surface area contributed by atoms with Gasteiger partial charge in [0.15, 0.2) is 0 Å². The fraction of sp³-hybridized carbons (Fsp3) is 0.647. The topological polar surface area (TPSA) is 12.0 Å². The van der Waals surface area contributed by atoms with Crippen molar-refractivity contribution in [2.24, 2.45) is 5.92 Å². The second kappa shape index (κ2) is 7.35. The van der Waals surface area contributed by atoms with Crippen LogP contribution >= 0.6 is 11.8 Å². The van der Waals surface area contributed by atoms with Gasteiger partial charge in [-0.2, -0.15) is 0 Å². The molecule has 0 saturated heterocycles. The van der Waals surface area contributed by atoms with Crippen molar-refractivity contribution in [3.8, 4) is 0 Å². The van der Waals surface area contributed by atoms with Gasteiger partial charge in [0.25, 0.3) is 0 Å². The maximum absolute atomic E-state index is 3.70. The number of hydrogen-bond donors (Lipinski definition) is 1. The maximum atomic E-state index is 3.70. The highest BCUT2D eigenvalue weighted by Gasteiger charge is 2.23. The van der Waals surface area contributed by atoms with E-state index < -0.39 is 0 Å². The van der Waals surface area contributed by atoms with Crippen LogP contribution in [0.5, 0.6) is 0 Å². The van der Waals surface area contributed by atoms with Gasteiger partial charge in [0, 0.05) is 16.2 Å². The Morgan fingerprint density at radius 3 is 2.79 bits per heavy atom. The van der Waals surface area contributed by atoms with Crippen LogP contribution in [0.25, 0.3) is 0 Å². The van der Waals surface area contributed by atoms with E-state index in [1.165, 1.54) is 30.6 Å². The van der Waals surface area contributed by atoms with Gasteiger partial charge in [-0.25, -0.2) is 0 Å². The van der Waals surface area contributed by atoms with E-state index in [0.29, 0.717) is 6.04 Å². The van der Waals surface area contributed by atoms with Crippen molar-refractivity contribution in [1.29, 1.82) is 0 Å². The average Bonchev–Trinajstić information content (AvgIpc) is 2.81. The van der Waals surface area contributed by atoms with Crippen LogP contribution in [0.3, 0.4) is 0 Å². The van der Waals surface area contributed by atoms with Gasteiger partial charge in [-0.3, -0.25) is 0 Å². The summed E-state index contributed by atoms with van der Waals surface area (Å²) in [4.78, 5) is 1.51. The Morgan fingerprint density at radius 1 is 1.32 bits per heavy atom. The first-order chi connectivity index (χ1) is 9.20. The predicted octanol–water partition coefficient (Wildman–Crippen LogP) is 4.51. The van der Waals surface area contributed by atoms with Gasteiger partial charge in [-0.05, 0) is 49.8 Å². The van der Waals surface area contributed by atoms with E-state index in [4.69, 9.17) is 0 Å². The lowest BCUT2D eigenvalue weighted by Crippen LogP contribution is -2.34. The van der Waals surface area contributed by atoms with Crippen LogP contribution in [0.2, 0.25) is 0 Å². The SMILES string of the molecule is CCCNC(CCC1Cc2ccccc2S1)C(C)C. The van der Waals surface area contributed by atoms with Gasteiger partial charge in [0.1, 0.15) is 0 Å². The molecule has 0 saturated carbocycles. The quantitative estimate of drug-likeness (QED) is 0.787. The Kier molecular flexibility index (Phi) is 5.77. The van der Waals surface area contributed by atoms with Crippen LogP contribution < -0.4 is 5.32 Å². The highest BCUT2D eigenvalue weighted by Crippen LogP contribution is 2.39. The number of thioether (sulfide) groups is 1. The lowest BCUT2D eigenvalue weighted by atomic mass is 9.96. The van der Waals surface area contributed by atoms with Gasteiger partial charge in [-0.15, -0.1) is 11.8 Å². The molecule has 1 nitrogen and oxygen atoms in total. The van der Waals surface area contributed by atoms with E-state index in [2.05, 4.69) is 62.1 Å². The van der Waals surface area contributed by atoms with Gasteiger partial charge in [-0.1, -0.05) is 39.0 Å². The zero-order valence-corrected chi connectivity index (χ0v) is 13.3. The van der Waals surface area contributed by atoms with Crippen LogP contribution in [-0.4, -0.2) is 17.8 Å². The van der Waals surface area contributed by atoms with Crippen molar-refractivity contribution in [3.63, 3.8) is 0 Å². The molecule has 0 aromatic heterocycles. The molecular formula is C17H27NS. The summed E-state index contributed by atoms with van der Waals surface area (Å²) in [5.74, 6) is 0.736. The van der Waals surface area contributed by atoms with Crippen molar-refractivity contribution in [2.45, 2.75) is 62.6 Å². The zero-order valence-electron chi connectivity index (χ0n) is 12.5. The molecule has 0 bridgehead atoms. The van der Waals surface area contributed by atoms with Gasteiger partial charge < -0.3 is 5.32 Å². The fourth-order valence-electron chi connectivity index (χ4n) is 2.78. The van der Waals surface area contributed by atoms with Crippen LogP contribution in [0.15, 0.2) is 29.2 Å². The zero-order chi connectivity index (χ0) is 13.7. The first kappa shape index (κ1) is 14.9. The molecule has 1 aliphatic heterocycles. The summed E-state index contributed by atoms with van der Waals surface area (Å²) in [6.45, 7) is 8.07. The summed E-state index contributed by atoms with van der Waals surface area (Å²) >= 11 is 2.09. The molecule has 2 heteroatoms. The number of hydrogen-bond acceptors (Lipinski definition) is 2. The summed E-state index contributed by atoms with van der Waals surface area (Å²) < 4.78 is 0. The monoisotopic (exact) mass is 277 g/mol. The van der Waals surface area contributed by atoms with Crippen molar-refractivity contribution in [2.75, 3.05) is 6.54 Å². The van der Waals surface area contributed by atoms with E-state index in [1.54, 1.807) is 5.56 Å². The second-order valence-corrected chi connectivity index (χ2v) is 7.28. The lowest BCUT2D eigenvalue weighted by molar-refractivity contribution is 0.369. The number of nitrogens with one attached hydrogen (secondary N) is 1. The predicted molar refractivity (Wildman–Crippen MR) is 85.9 cm³/mol. The molecule has 1 aliphatic rings. The third-order valence-corrected chi connectivity index (χ3v) is 5.36. The lowest BCUT2D eigenvalue weighted by Gasteiger charge is -2.23. The van der Waals surface area contributed by atoms with Crippen LogP contribution in [-0.2, 0) is 6.42 Å². The largest absolute Gasteiger partial charge is 0.314 e. The molecule has 19 heavy (non-hydrogen) atoms. The van der Waals surface area contributed by atoms with Crippen LogP contribution in [0.4, 0.5) is 0 Å². The smallest absolute Gasteiger partial charge is 0.0136 e. The standard InChI is InChI=1S/C17H27NS/c1-4-11-18-16(13(2)3)10-9-15-12-14-7-5-6-8-17(14)19-15/h5-8,13,15-16,18H,4,9-12H2,1-3H3. The summed E-state index contributed by atoms with van der Waals surface area (Å²) in [5.41, 5.74) is 1.56. The Hall–Kier alpha value is -0.470. The highest BCUT2D eigenvalue weighted by atomic mass is 32.2. The fourth-order valence-corrected chi connectivity index (χ4v) is 4.12. The molecule has 0 spiro atoms. The number of fused-ring (bicyclic) bond motifs is 1. The molecular weight excluding hydrogens is 250 g/mol. The van der Waals surface area contributed by atoms with E-state index in [-0.39, 0.29) is 0 Å². The maximum Gasteiger partial charge on any atom is 0.0136 e. The van der Waals surface area contributed by atoms with E-state index in [0.717, 1.165) is 17.7 Å². The van der Waals surface area contributed by atoms with E-state index >= 15 is 0 Å². The molecule has 1 aromatic carbocycles. The average molecular weight is 277 g/mol. The van der Waals surface area contributed by atoms with Crippen molar-refractivity contribution in [1.82, 2.24) is 5.32 Å². The van der Waals surface area contributed by atoms with Gasteiger partial charge in [0.05, 0.1) is 0 Å². The molecule has 1 aromatic rings. The summed E-state index contributed by atoms with van der Waals surface area (Å²) in [5, 5.41) is 4.50. The normalized spacial score (nSPS) is 19.7. The molecule has 0 radical (unpaired) electrons. The van der Waals surface area contributed by atoms with E-state index in [9.17, 15) is 0 Å². The highest BCUT2D eigenvalue weighted by molar-refractivity contribution is 8.00. The molecule has 0 fully saturated rings. The third-order valence-electron chi connectivity index (χ3n) is 3.97. The molecule has 0 aliphatic carbocycles. The van der Waals surface area contributed by atoms with Crippen LogP contribution in [0, 0.1) is 5.92 Å². The molecule has 1 N–H and O–H groups in total. The first-order valence-corrected chi connectivity index (χ1v) is 8.56. The first-order valence-electron chi connectivity index (χ1n) is 7.68. The minimum atomic E-state index is 0.685. The van der Waals surface area contributed by atoms with Crippen molar-refractivity contribution >= 4 is 11.8 Å². The minimum Gasteiger partial charge on any atom is -0.314 e. The number of benzene rings is 1. The second-order valence-electron chi connectivity index (χ2n) is 5.93. The molecule has 2 rings (SSSR count). The molecule has 0 amide bonds. The van der Waals surface area contributed by atoms with E-state index in [1.807, 2.05) is 0 Å². The van der Waals surface area contributed by atoms with Crippen molar-refractivity contribution in [3.05, 3.63) is 29.8 Å². The Balaban J connectivity index is 1.80. The van der Waals surface area contributed by atoms with Crippen LogP contribution in [0.1, 0.15) is 45.6 Å². The van der Waals surface area contributed by atoms with Crippen molar-refractivity contribution < 1.29 is 0 Å². The van der Waals surface area contributed by atoms with Gasteiger partial charge in [0.2, 0.25) is 0 Å². The third kappa shape index (κ3) is 4.25. The summed E-state index contributed by atoms with van der Waals surface area (Å²) in [6, 6.07) is 9.58. The molecule has 2 unspecified atom stereocenters. The van der Waals surface area contributed by atoms with Gasteiger partial charge >= 0.3 is 0 Å². The summed E-state index contributed by atoms with van der Waals surface area (Å²) in [7, 11) is 0. The molecule has 106 valence electrons. The Bertz CT molecular complexity index is 364. The Morgan fingerprint density at radius 2 is 2.11 bits per heavy atom. The minimum absolute atomic E-state index is 0.685. The number of rotatable bonds is 7. The Labute approximate surface area is 122 Å². The molecule has 1 heterocycles. The molecule has 2 atom stereocenters.